The molecule has 27 heavy (non-hydrogen) atoms. The van der Waals surface area contributed by atoms with Crippen LogP contribution in [0.25, 0.3) is 28.1 Å². The second-order valence-electron chi connectivity index (χ2n) is 5.84. The normalized spacial score (nSPS) is 12.4. The van der Waals surface area contributed by atoms with Crippen LogP contribution in [0.1, 0.15) is 12.6 Å². The highest BCUT2D eigenvalue weighted by Crippen LogP contribution is 2.35. The van der Waals surface area contributed by atoms with Gasteiger partial charge in [-0.05, 0) is 33.8 Å². The van der Waals surface area contributed by atoms with Crippen molar-refractivity contribution in [2.24, 2.45) is 7.05 Å². The maximum absolute atomic E-state index is 13.0. The van der Waals surface area contributed by atoms with E-state index in [0.717, 1.165) is 32.5 Å². The molecule has 4 aromatic rings. The molecule has 4 aromatic heterocycles. The first-order chi connectivity index (χ1) is 12.8. The molecule has 5 nitrogen and oxygen atoms in total. The fourth-order valence-corrected chi connectivity index (χ4v) is 4.09. The van der Waals surface area contributed by atoms with E-state index in [1.165, 1.54) is 6.20 Å². The molecular formula is C17H13BrF3N5S. The number of nitrogens with zero attached hydrogens (tertiary/aromatic N) is 5. The maximum Gasteiger partial charge on any atom is 0.433 e. The minimum absolute atomic E-state index is 0.256. The zero-order valence-corrected chi connectivity index (χ0v) is 16.7. The smallest absolute Gasteiger partial charge is 0.326 e. The van der Waals surface area contributed by atoms with Crippen LogP contribution >= 0.6 is 27.7 Å². The standard InChI is InChI=1S/C17H13BrF3N5S/c1-3-27-12-8-26-14(18)7-23-15(26)4-9(12)16-24-10-5-13(17(19,20)21)22-6-11(10)25(16)2/h4-8H,3H2,1-2H3. The number of thioether (sulfide) groups is 1. The van der Waals surface area contributed by atoms with Crippen molar-refractivity contribution < 1.29 is 13.2 Å². The largest absolute Gasteiger partial charge is 0.433 e. The molecule has 4 rings (SSSR count). The molecule has 10 heteroatoms. The topological polar surface area (TPSA) is 48.0 Å². The second kappa shape index (κ2) is 6.52. The third-order valence-electron chi connectivity index (χ3n) is 4.16. The van der Waals surface area contributed by atoms with Crippen LogP contribution in [0.4, 0.5) is 13.2 Å². The summed E-state index contributed by atoms with van der Waals surface area (Å²) in [6.45, 7) is 2.04. The van der Waals surface area contributed by atoms with Gasteiger partial charge in [-0.25, -0.2) is 15.0 Å². The fourth-order valence-electron chi connectivity index (χ4n) is 2.90. The molecule has 0 spiro atoms. The SMILES string of the molecule is CCSc1cn2c(Br)cnc2cc1-c1nc2cc(C(F)(F)F)ncc2n1C. The summed E-state index contributed by atoms with van der Waals surface area (Å²) in [5, 5.41) is 0. The molecule has 0 aliphatic heterocycles. The van der Waals surface area contributed by atoms with Crippen LogP contribution in [0, 0.1) is 0 Å². The van der Waals surface area contributed by atoms with Gasteiger partial charge in [-0.2, -0.15) is 13.2 Å². The number of aromatic nitrogens is 5. The minimum Gasteiger partial charge on any atom is -0.326 e. The van der Waals surface area contributed by atoms with Gasteiger partial charge >= 0.3 is 6.18 Å². The number of aryl methyl sites for hydroxylation is 1. The molecular weight excluding hydrogens is 443 g/mol. The van der Waals surface area contributed by atoms with Crippen molar-refractivity contribution >= 4 is 44.4 Å². The number of hydrogen-bond donors (Lipinski definition) is 0. The summed E-state index contributed by atoms with van der Waals surface area (Å²) >= 11 is 5.09. The van der Waals surface area contributed by atoms with Gasteiger partial charge in [-0.3, -0.25) is 4.40 Å². The summed E-state index contributed by atoms with van der Waals surface area (Å²) in [5.74, 6) is 1.41. The van der Waals surface area contributed by atoms with Gasteiger partial charge in [0, 0.05) is 23.7 Å². The zero-order valence-electron chi connectivity index (χ0n) is 14.3. The summed E-state index contributed by atoms with van der Waals surface area (Å²) in [6, 6.07) is 2.87. The van der Waals surface area contributed by atoms with E-state index in [1.807, 2.05) is 23.6 Å². The Morgan fingerprint density at radius 2 is 1.96 bits per heavy atom. The molecule has 140 valence electrons. The van der Waals surface area contributed by atoms with E-state index in [2.05, 4.69) is 30.9 Å². The predicted molar refractivity (Wildman–Crippen MR) is 102 cm³/mol. The van der Waals surface area contributed by atoms with Crippen molar-refractivity contribution in [1.29, 1.82) is 0 Å². The Hall–Kier alpha value is -2.07. The molecule has 0 saturated heterocycles. The highest BCUT2D eigenvalue weighted by Gasteiger charge is 2.33. The number of rotatable bonds is 3. The lowest BCUT2D eigenvalue weighted by Gasteiger charge is -2.10. The molecule has 0 aromatic carbocycles. The summed E-state index contributed by atoms with van der Waals surface area (Å²) in [7, 11) is 1.77. The molecule has 0 atom stereocenters. The summed E-state index contributed by atoms with van der Waals surface area (Å²) in [5.41, 5.74) is 1.38. The average Bonchev–Trinajstić information content (AvgIpc) is 3.14. The van der Waals surface area contributed by atoms with Gasteiger partial charge in [0.1, 0.15) is 21.8 Å². The number of hydrogen-bond acceptors (Lipinski definition) is 4. The summed E-state index contributed by atoms with van der Waals surface area (Å²) in [4.78, 5) is 13.3. The maximum atomic E-state index is 13.0. The van der Waals surface area contributed by atoms with Gasteiger partial charge in [0.2, 0.25) is 0 Å². The van der Waals surface area contributed by atoms with Crippen LogP contribution in [0.5, 0.6) is 0 Å². The highest BCUT2D eigenvalue weighted by atomic mass is 79.9. The van der Waals surface area contributed by atoms with Crippen molar-refractivity contribution in [3.05, 3.63) is 41.0 Å². The first-order valence-corrected chi connectivity index (χ1v) is 9.77. The van der Waals surface area contributed by atoms with E-state index in [9.17, 15) is 13.2 Å². The van der Waals surface area contributed by atoms with E-state index in [4.69, 9.17) is 0 Å². The van der Waals surface area contributed by atoms with E-state index < -0.39 is 11.9 Å². The molecule has 0 N–H and O–H groups in total. The van der Waals surface area contributed by atoms with Gasteiger partial charge < -0.3 is 4.57 Å². The number of halogens is 4. The van der Waals surface area contributed by atoms with Crippen LogP contribution in [0.15, 0.2) is 40.2 Å². The Morgan fingerprint density at radius 3 is 2.67 bits per heavy atom. The summed E-state index contributed by atoms with van der Waals surface area (Å²) in [6.07, 6.45) is 0.366. The van der Waals surface area contributed by atoms with Crippen LogP contribution in [0.3, 0.4) is 0 Å². The van der Waals surface area contributed by atoms with Gasteiger partial charge in [0.15, 0.2) is 0 Å². The zero-order chi connectivity index (χ0) is 19.3. The quantitative estimate of drug-likeness (QED) is 0.399. The molecule has 0 radical (unpaired) electrons. The van der Waals surface area contributed by atoms with Crippen molar-refractivity contribution in [3.8, 4) is 11.4 Å². The predicted octanol–water partition coefficient (Wildman–Crippen LogP) is 5.18. The van der Waals surface area contributed by atoms with Crippen LogP contribution < -0.4 is 0 Å². The number of alkyl halides is 3. The van der Waals surface area contributed by atoms with E-state index in [1.54, 1.807) is 29.6 Å². The lowest BCUT2D eigenvalue weighted by molar-refractivity contribution is -0.141. The van der Waals surface area contributed by atoms with Gasteiger partial charge in [-0.1, -0.05) is 6.92 Å². The van der Waals surface area contributed by atoms with Crippen LogP contribution in [-0.4, -0.2) is 29.7 Å². The minimum atomic E-state index is -4.50. The molecule has 0 amide bonds. The van der Waals surface area contributed by atoms with Crippen molar-refractivity contribution in [2.45, 2.75) is 18.0 Å². The van der Waals surface area contributed by atoms with Gasteiger partial charge in [0.05, 0.1) is 23.4 Å². The van der Waals surface area contributed by atoms with Crippen molar-refractivity contribution in [3.63, 3.8) is 0 Å². The molecule has 0 unspecified atom stereocenters. The van der Waals surface area contributed by atoms with Gasteiger partial charge in [-0.15, -0.1) is 11.8 Å². The average molecular weight is 456 g/mol. The molecule has 0 aliphatic carbocycles. The lowest BCUT2D eigenvalue weighted by Crippen LogP contribution is -2.07. The molecule has 0 bridgehead atoms. The second-order valence-corrected chi connectivity index (χ2v) is 7.96. The first-order valence-electron chi connectivity index (χ1n) is 7.99. The number of imidazole rings is 2. The first kappa shape index (κ1) is 18.3. The Morgan fingerprint density at radius 1 is 1.19 bits per heavy atom. The monoisotopic (exact) mass is 455 g/mol. The Balaban J connectivity index is 1.95. The van der Waals surface area contributed by atoms with Crippen LogP contribution in [-0.2, 0) is 13.2 Å². The Labute approximate surface area is 164 Å². The number of pyridine rings is 2. The third kappa shape index (κ3) is 3.10. The molecule has 0 saturated carbocycles. The summed E-state index contributed by atoms with van der Waals surface area (Å²) < 4.78 is 43.4. The van der Waals surface area contributed by atoms with E-state index in [0.29, 0.717) is 11.3 Å². The molecule has 0 aliphatic rings. The van der Waals surface area contributed by atoms with Gasteiger partial charge in [0.25, 0.3) is 0 Å². The Bertz CT molecular complexity index is 1160. The van der Waals surface area contributed by atoms with E-state index in [-0.39, 0.29) is 5.52 Å². The third-order valence-corrected chi connectivity index (χ3v) is 5.68. The van der Waals surface area contributed by atoms with E-state index >= 15 is 0 Å². The Kier molecular flexibility index (Phi) is 4.42. The molecule has 0 fully saturated rings. The highest BCUT2D eigenvalue weighted by molar-refractivity contribution is 9.10. The van der Waals surface area contributed by atoms with Crippen molar-refractivity contribution in [2.75, 3.05) is 5.75 Å². The number of fused-ring (bicyclic) bond motifs is 2. The lowest BCUT2D eigenvalue weighted by atomic mass is 10.2. The van der Waals surface area contributed by atoms with Crippen molar-refractivity contribution in [1.82, 2.24) is 23.9 Å². The fraction of sp³-hybridized carbons (Fsp3) is 0.235. The van der Waals surface area contributed by atoms with Crippen LogP contribution in [0.2, 0.25) is 0 Å². The molecule has 4 heterocycles.